The predicted octanol–water partition coefficient (Wildman–Crippen LogP) is 6.13. The van der Waals surface area contributed by atoms with Crippen LogP contribution in [0.4, 0.5) is 5.69 Å². The van der Waals surface area contributed by atoms with Gasteiger partial charge in [0.2, 0.25) is 5.91 Å². The van der Waals surface area contributed by atoms with Crippen molar-refractivity contribution in [3.8, 4) is 0 Å². The molecule has 1 amide bonds. The van der Waals surface area contributed by atoms with E-state index in [0.29, 0.717) is 5.75 Å². The van der Waals surface area contributed by atoms with Crippen LogP contribution in [0.3, 0.4) is 0 Å². The second-order valence-corrected chi connectivity index (χ2v) is 9.41. The lowest BCUT2D eigenvalue weighted by atomic mass is 10.2. The van der Waals surface area contributed by atoms with Crippen molar-refractivity contribution in [1.29, 1.82) is 0 Å². The molecular formula is C25H21BrN2OS. The lowest BCUT2D eigenvalue weighted by Gasteiger charge is -2.16. The number of rotatable bonds is 5. The highest BCUT2D eigenvalue weighted by molar-refractivity contribution is 9.10. The molecule has 4 aromatic rings. The number of benzene rings is 3. The van der Waals surface area contributed by atoms with Gasteiger partial charge >= 0.3 is 0 Å². The molecule has 0 saturated heterocycles. The number of amides is 1. The summed E-state index contributed by atoms with van der Waals surface area (Å²) < 4.78 is 3.36. The summed E-state index contributed by atoms with van der Waals surface area (Å²) in [6.07, 6.45) is 3.13. The molecule has 1 aliphatic heterocycles. The van der Waals surface area contributed by atoms with Crippen LogP contribution in [0.15, 0.2) is 88.4 Å². The number of anilines is 1. The fraction of sp³-hybridized carbons (Fsp3) is 0.160. The van der Waals surface area contributed by atoms with E-state index < -0.39 is 0 Å². The van der Waals surface area contributed by atoms with Crippen molar-refractivity contribution in [3.05, 3.63) is 94.6 Å². The molecule has 0 fully saturated rings. The Morgan fingerprint density at radius 2 is 1.73 bits per heavy atom. The van der Waals surface area contributed by atoms with Crippen molar-refractivity contribution >= 4 is 50.2 Å². The average molecular weight is 477 g/mol. The molecule has 5 rings (SSSR count). The highest BCUT2D eigenvalue weighted by Crippen LogP contribution is 2.33. The monoisotopic (exact) mass is 476 g/mol. The Hall–Kier alpha value is -2.50. The van der Waals surface area contributed by atoms with Gasteiger partial charge in [-0.3, -0.25) is 4.79 Å². The van der Waals surface area contributed by atoms with Gasteiger partial charge in [-0.25, -0.2) is 0 Å². The van der Waals surface area contributed by atoms with Gasteiger partial charge in [-0.05, 0) is 41.8 Å². The zero-order chi connectivity index (χ0) is 20.5. The van der Waals surface area contributed by atoms with Crippen molar-refractivity contribution in [2.75, 3.05) is 17.2 Å². The van der Waals surface area contributed by atoms with E-state index >= 15 is 0 Å². The molecule has 0 N–H and O–H groups in total. The maximum absolute atomic E-state index is 12.9. The van der Waals surface area contributed by atoms with Crippen LogP contribution in [0.1, 0.15) is 11.1 Å². The van der Waals surface area contributed by atoms with Crippen LogP contribution >= 0.6 is 27.7 Å². The van der Waals surface area contributed by atoms with Crippen LogP contribution in [-0.4, -0.2) is 22.8 Å². The van der Waals surface area contributed by atoms with E-state index in [2.05, 4.69) is 87.4 Å². The van der Waals surface area contributed by atoms with Crippen molar-refractivity contribution < 1.29 is 4.79 Å². The SMILES string of the molecule is O=C(CSc1cn(Cc2ccc(Br)cc2)c2ccccc12)N1CCc2ccccc21. The molecule has 0 unspecified atom stereocenters. The minimum absolute atomic E-state index is 0.176. The van der Waals surface area contributed by atoms with Gasteiger partial charge in [0.15, 0.2) is 0 Å². The number of para-hydroxylation sites is 2. The molecule has 0 atom stereocenters. The third-order valence-electron chi connectivity index (χ3n) is 5.56. The minimum atomic E-state index is 0.176. The van der Waals surface area contributed by atoms with E-state index in [1.54, 1.807) is 11.8 Å². The smallest absolute Gasteiger partial charge is 0.237 e. The van der Waals surface area contributed by atoms with Gasteiger partial charge in [0.1, 0.15) is 0 Å². The Morgan fingerprint density at radius 3 is 2.60 bits per heavy atom. The summed E-state index contributed by atoms with van der Waals surface area (Å²) in [4.78, 5) is 16.0. The van der Waals surface area contributed by atoms with E-state index in [9.17, 15) is 4.79 Å². The highest BCUT2D eigenvalue weighted by Gasteiger charge is 2.24. The maximum atomic E-state index is 12.9. The van der Waals surface area contributed by atoms with Gasteiger partial charge in [-0.1, -0.05) is 64.5 Å². The molecule has 0 bridgehead atoms. The van der Waals surface area contributed by atoms with Crippen molar-refractivity contribution in [2.24, 2.45) is 0 Å². The molecule has 2 heterocycles. The molecule has 150 valence electrons. The van der Waals surface area contributed by atoms with Gasteiger partial charge in [-0.2, -0.15) is 0 Å². The zero-order valence-corrected chi connectivity index (χ0v) is 18.8. The predicted molar refractivity (Wildman–Crippen MR) is 128 cm³/mol. The van der Waals surface area contributed by atoms with Gasteiger partial charge < -0.3 is 9.47 Å². The zero-order valence-electron chi connectivity index (χ0n) is 16.4. The van der Waals surface area contributed by atoms with Crippen LogP contribution < -0.4 is 4.90 Å². The first-order valence-electron chi connectivity index (χ1n) is 10.0. The van der Waals surface area contributed by atoms with E-state index in [4.69, 9.17) is 0 Å². The molecule has 0 radical (unpaired) electrons. The van der Waals surface area contributed by atoms with Gasteiger partial charge in [-0.15, -0.1) is 11.8 Å². The summed E-state index contributed by atoms with van der Waals surface area (Å²) in [5.41, 5.74) is 4.78. The Kier molecular flexibility index (Phi) is 5.40. The number of carbonyl (C=O) groups is 1. The summed E-state index contributed by atoms with van der Waals surface area (Å²) in [5, 5.41) is 1.20. The van der Waals surface area contributed by atoms with Crippen LogP contribution in [0.2, 0.25) is 0 Å². The second-order valence-electron chi connectivity index (χ2n) is 7.48. The van der Waals surface area contributed by atoms with Crippen molar-refractivity contribution in [1.82, 2.24) is 4.57 Å². The van der Waals surface area contributed by atoms with Gasteiger partial charge in [0, 0.05) is 45.2 Å². The molecule has 0 saturated carbocycles. The first-order chi connectivity index (χ1) is 14.7. The maximum Gasteiger partial charge on any atom is 0.237 e. The normalized spacial score (nSPS) is 13.0. The third kappa shape index (κ3) is 3.80. The lowest BCUT2D eigenvalue weighted by molar-refractivity contribution is -0.116. The third-order valence-corrected chi connectivity index (χ3v) is 7.11. The van der Waals surface area contributed by atoms with Gasteiger partial charge in [0.05, 0.1) is 5.75 Å². The fourth-order valence-corrected chi connectivity index (χ4v) is 5.29. The molecule has 1 aliphatic rings. The highest BCUT2D eigenvalue weighted by atomic mass is 79.9. The number of nitrogens with zero attached hydrogens (tertiary/aromatic N) is 2. The Balaban J connectivity index is 1.36. The number of hydrogen-bond acceptors (Lipinski definition) is 2. The van der Waals surface area contributed by atoms with Gasteiger partial charge in [0.25, 0.3) is 0 Å². The Labute approximate surface area is 188 Å². The number of carbonyl (C=O) groups excluding carboxylic acids is 1. The number of thioether (sulfide) groups is 1. The summed E-state index contributed by atoms with van der Waals surface area (Å²) in [7, 11) is 0. The van der Waals surface area contributed by atoms with Crippen LogP contribution in [0.25, 0.3) is 10.9 Å². The topological polar surface area (TPSA) is 25.2 Å². The first kappa shape index (κ1) is 19.5. The number of halogens is 1. The summed E-state index contributed by atoms with van der Waals surface area (Å²) >= 11 is 5.13. The molecule has 0 spiro atoms. The van der Waals surface area contributed by atoms with E-state index in [-0.39, 0.29) is 5.91 Å². The second kappa shape index (κ2) is 8.32. The van der Waals surface area contributed by atoms with Crippen LogP contribution in [0.5, 0.6) is 0 Å². The summed E-state index contributed by atoms with van der Waals surface area (Å²) in [6, 6.07) is 25.1. The average Bonchev–Trinajstić information content (AvgIpc) is 3.36. The molecule has 30 heavy (non-hydrogen) atoms. The molecular weight excluding hydrogens is 456 g/mol. The quantitative estimate of drug-likeness (QED) is 0.323. The van der Waals surface area contributed by atoms with E-state index in [0.717, 1.165) is 34.6 Å². The van der Waals surface area contributed by atoms with Crippen molar-refractivity contribution in [2.45, 2.75) is 17.9 Å². The first-order valence-corrected chi connectivity index (χ1v) is 11.8. The number of hydrogen-bond donors (Lipinski definition) is 0. The Morgan fingerprint density at radius 1 is 0.967 bits per heavy atom. The Bertz CT molecular complexity index is 1220. The lowest BCUT2D eigenvalue weighted by Crippen LogP contribution is -2.30. The summed E-state index contributed by atoms with van der Waals surface area (Å²) in [6.45, 7) is 1.59. The number of fused-ring (bicyclic) bond motifs is 2. The molecule has 5 heteroatoms. The summed E-state index contributed by atoms with van der Waals surface area (Å²) in [5.74, 6) is 0.621. The minimum Gasteiger partial charge on any atom is -0.342 e. The van der Waals surface area contributed by atoms with Crippen LogP contribution in [0, 0.1) is 0 Å². The van der Waals surface area contributed by atoms with Crippen molar-refractivity contribution in [3.63, 3.8) is 0 Å². The molecule has 1 aromatic heterocycles. The largest absolute Gasteiger partial charge is 0.342 e. The molecule has 3 aromatic carbocycles. The van der Waals surface area contributed by atoms with E-state index in [1.807, 2.05) is 17.0 Å². The standard InChI is InChI=1S/C25H21BrN2OS/c26-20-11-9-18(10-12-20)15-27-16-24(21-6-2-4-8-23(21)27)30-17-25(29)28-14-13-19-5-1-3-7-22(19)28/h1-12,16H,13-15,17H2. The molecule has 3 nitrogen and oxygen atoms in total. The molecule has 0 aliphatic carbocycles. The van der Waals surface area contributed by atoms with E-state index in [1.165, 1.54) is 22.0 Å². The fourth-order valence-electron chi connectivity index (χ4n) is 4.06. The van der Waals surface area contributed by atoms with Crippen LogP contribution in [-0.2, 0) is 17.8 Å². The number of aromatic nitrogens is 1.